The van der Waals surface area contributed by atoms with Gasteiger partial charge in [-0.2, -0.15) is 0 Å². The number of aliphatic hydroxyl groups excluding tert-OH is 1. The number of hydrogen-bond acceptors (Lipinski definition) is 4. The molecule has 1 heterocycles. The van der Waals surface area contributed by atoms with Gasteiger partial charge in [0.05, 0.1) is 18.1 Å². The lowest BCUT2D eigenvalue weighted by molar-refractivity contribution is 0.204. The molecule has 2 fully saturated rings. The number of carbonyl (C=O) groups excluding carboxylic acids is 1. The molecule has 0 radical (unpaired) electrons. The van der Waals surface area contributed by atoms with E-state index in [1.54, 1.807) is 12.4 Å². The Hall–Kier alpha value is -1.69. The number of nitrogens with one attached hydrogen (secondary N) is 1. The van der Waals surface area contributed by atoms with Crippen molar-refractivity contribution < 1.29 is 9.90 Å². The Bertz CT molecular complexity index is 483. The maximum atomic E-state index is 12.3. The molecule has 2 aliphatic carbocycles. The number of nitrogens with zero attached hydrogens (tertiary/aromatic N) is 3. The third kappa shape index (κ3) is 3.91. The Morgan fingerprint density at radius 3 is 2.52 bits per heavy atom. The van der Waals surface area contributed by atoms with E-state index in [1.165, 1.54) is 12.8 Å². The number of carbonyl (C=O) groups is 1. The SMILES string of the molecule is O=C(Nc1cnc(C2CC2)nc1)N(CCCCO)C1CC1. The molecule has 2 amide bonds. The molecule has 2 aliphatic rings. The van der Waals surface area contributed by atoms with E-state index in [-0.39, 0.29) is 12.6 Å². The lowest BCUT2D eigenvalue weighted by atomic mass is 10.3. The van der Waals surface area contributed by atoms with Crippen molar-refractivity contribution >= 4 is 11.7 Å². The van der Waals surface area contributed by atoms with Crippen LogP contribution in [-0.2, 0) is 0 Å². The van der Waals surface area contributed by atoms with Gasteiger partial charge in [0.15, 0.2) is 0 Å². The summed E-state index contributed by atoms with van der Waals surface area (Å²) in [5.74, 6) is 1.41. The highest BCUT2D eigenvalue weighted by molar-refractivity contribution is 5.89. The van der Waals surface area contributed by atoms with Crippen molar-refractivity contribution in [1.82, 2.24) is 14.9 Å². The summed E-state index contributed by atoms with van der Waals surface area (Å²) in [4.78, 5) is 22.8. The number of anilines is 1. The largest absolute Gasteiger partial charge is 0.396 e. The highest BCUT2D eigenvalue weighted by atomic mass is 16.3. The van der Waals surface area contributed by atoms with Gasteiger partial charge in [0.2, 0.25) is 0 Å². The average molecular weight is 290 g/mol. The van der Waals surface area contributed by atoms with Crippen LogP contribution in [0.1, 0.15) is 50.3 Å². The number of urea groups is 1. The maximum absolute atomic E-state index is 12.3. The van der Waals surface area contributed by atoms with Crippen molar-refractivity contribution in [2.24, 2.45) is 0 Å². The minimum absolute atomic E-state index is 0.0850. The van der Waals surface area contributed by atoms with Crippen molar-refractivity contribution in [3.05, 3.63) is 18.2 Å². The Morgan fingerprint density at radius 1 is 1.24 bits per heavy atom. The first-order chi connectivity index (χ1) is 10.3. The fraction of sp³-hybridized carbons (Fsp3) is 0.667. The molecule has 0 unspecified atom stereocenters. The minimum Gasteiger partial charge on any atom is -0.396 e. The summed E-state index contributed by atoms with van der Waals surface area (Å²) in [6, 6.07) is 0.272. The molecule has 2 saturated carbocycles. The van der Waals surface area contributed by atoms with E-state index < -0.39 is 0 Å². The molecule has 0 atom stereocenters. The van der Waals surface area contributed by atoms with Crippen LogP contribution < -0.4 is 5.32 Å². The standard InChI is InChI=1S/C15H22N4O2/c20-8-2-1-7-19(13-5-6-13)15(21)18-12-9-16-14(17-10-12)11-3-4-11/h9-11,13,20H,1-8H2,(H,18,21). The summed E-state index contributed by atoms with van der Waals surface area (Å²) in [6.45, 7) is 0.870. The van der Waals surface area contributed by atoms with E-state index in [2.05, 4.69) is 15.3 Å². The predicted octanol–water partition coefficient (Wildman–Crippen LogP) is 2.12. The normalized spacial score (nSPS) is 17.6. The molecule has 21 heavy (non-hydrogen) atoms. The molecule has 0 spiro atoms. The van der Waals surface area contributed by atoms with Gasteiger partial charge in [0.25, 0.3) is 0 Å². The zero-order valence-electron chi connectivity index (χ0n) is 12.2. The second-order valence-corrected chi connectivity index (χ2v) is 5.89. The third-order valence-corrected chi connectivity index (χ3v) is 3.92. The highest BCUT2D eigenvalue weighted by Gasteiger charge is 2.32. The molecule has 0 aliphatic heterocycles. The van der Waals surface area contributed by atoms with Crippen molar-refractivity contribution in [1.29, 1.82) is 0 Å². The van der Waals surface area contributed by atoms with Gasteiger partial charge >= 0.3 is 6.03 Å². The summed E-state index contributed by atoms with van der Waals surface area (Å²) in [7, 11) is 0. The average Bonchev–Trinajstić information content (AvgIpc) is 3.37. The lowest BCUT2D eigenvalue weighted by Gasteiger charge is -2.22. The molecular weight excluding hydrogens is 268 g/mol. The lowest BCUT2D eigenvalue weighted by Crippen LogP contribution is -2.37. The Morgan fingerprint density at radius 2 is 1.95 bits per heavy atom. The number of hydrogen-bond donors (Lipinski definition) is 2. The zero-order valence-corrected chi connectivity index (χ0v) is 12.2. The van der Waals surface area contributed by atoms with Gasteiger partial charge in [0, 0.05) is 25.1 Å². The van der Waals surface area contributed by atoms with E-state index in [4.69, 9.17) is 5.11 Å². The van der Waals surface area contributed by atoms with E-state index in [0.29, 0.717) is 24.2 Å². The molecule has 1 aromatic heterocycles. The Balaban J connectivity index is 1.55. The monoisotopic (exact) mass is 290 g/mol. The first kappa shape index (κ1) is 14.3. The van der Waals surface area contributed by atoms with E-state index in [1.807, 2.05) is 4.90 Å². The molecule has 0 saturated heterocycles. The Labute approximate surface area is 124 Å². The smallest absolute Gasteiger partial charge is 0.322 e. The van der Waals surface area contributed by atoms with Crippen molar-refractivity contribution in [2.45, 2.75) is 50.5 Å². The molecular formula is C15H22N4O2. The van der Waals surface area contributed by atoms with Crippen LogP contribution in [0.2, 0.25) is 0 Å². The molecule has 3 rings (SSSR count). The summed E-state index contributed by atoms with van der Waals surface area (Å²) in [5.41, 5.74) is 0.650. The van der Waals surface area contributed by atoms with Crippen LogP contribution >= 0.6 is 0 Å². The molecule has 0 bridgehead atoms. The van der Waals surface area contributed by atoms with E-state index in [0.717, 1.165) is 31.5 Å². The molecule has 6 nitrogen and oxygen atoms in total. The molecule has 6 heteroatoms. The van der Waals surface area contributed by atoms with E-state index in [9.17, 15) is 4.79 Å². The second-order valence-electron chi connectivity index (χ2n) is 5.89. The van der Waals surface area contributed by atoms with Crippen LogP contribution in [0.4, 0.5) is 10.5 Å². The Kier molecular flexibility index (Phi) is 4.34. The first-order valence-electron chi connectivity index (χ1n) is 7.78. The second kappa shape index (κ2) is 6.39. The van der Waals surface area contributed by atoms with Crippen LogP contribution in [0.15, 0.2) is 12.4 Å². The molecule has 0 aromatic carbocycles. The van der Waals surface area contributed by atoms with Crippen LogP contribution in [0.25, 0.3) is 0 Å². The molecule has 2 N–H and O–H groups in total. The van der Waals surface area contributed by atoms with Gasteiger partial charge in [0.1, 0.15) is 5.82 Å². The number of amides is 2. The van der Waals surface area contributed by atoms with Crippen molar-refractivity contribution in [2.75, 3.05) is 18.5 Å². The fourth-order valence-electron chi connectivity index (χ4n) is 2.38. The molecule has 1 aromatic rings. The fourth-order valence-corrected chi connectivity index (χ4v) is 2.38. The maximum Gasteiger partial charge on any atom is 0.322 e. The number of aliphatic hydroxyl groups is 1. The highest BCUT2D eigenvalue weighted by Crippen LogP contribution is 2.37. The number of unbranched alkanes of at least 4 members (excludes halogenated alkanes) is 1. The van der Waals surface area contributed by atoms with Gasteiger partial charge in [-0.25, -0.2) is 14.8 Å². The summed E-state index contributed by atoms with van der Waals surface area (Å²) in [5, 5.41) is 11.7. The summed E-state index contributed by atoms with van der Waals surface area (Å²) >= 11 is 0. The van der Waals surface area contributed by atoms with Crippen LogP contribution in [0.3, 0.4) is 0 Å². The number of rotatable bonds is 7. The predicted molar refractivity (Wildman–Crippen MR) is 79.1 cm³/mol. The van der Waals surface area contributed by atoms with Crippen LogP contribution in [0, 0.1) is 0 Å². The first-order valence-corrected chi connectivity index (χ1v) is 7.78. The topological polar surface area (TPSA) is 78.4 Å². The minimum atomic E-state index is -0.0850. The van der Waals surface area contributed by atoms with Gasteiger partial charge < -0.3 is 15.3 Å². The number of aromatic nitrogens is 2. The summed E-state index contributed by atoms with van der Waals surface area (Å²) < 4.78 is 0. The van der Waals surface area contributed by atoms with Gasteiger partial charge in [-0.15, -0.1) is 0 Å². The molecule has 114 valence electrons. The van der Waals surface area contributed by atoms with Crippen LogP contribution in [0.5, 0.6) is 0 Å². The van der Waals surface area contributed by atoms with Crippen LogP contribution in [-0.4, -0.2) is 45.2 Å². The third-order valence-electron chi connectivity index (χ3n) is 3.92. The quantitative estimate of drug-likeness (QED) is 0.754. The zero-order chi connectivity index (χ0) is 14.7. The van der Waals surface area contributed by atoms with Gasteiger partial charge in [-0.1, -0.05) is 0 Å². The van der Waals surface area contributed by atoms with Gasteiger partial charge in [-0.05, 0) is 38.5 Å². The summed E-state index contributed by atoms with van der Waals surface area (Å²) in [6.07, 6.45) is 9.44. The van der Waals surface area contributed by atoms with Gasteiger partial charge in [-0.3, -0.25) is 0 Å². The van der Waals surface area contributed by atoms with E-state index >= 15 is 0 Å². The van der Waals surface area contributed by atoms with Crippen molar-refractivity contribution in [3.63, 3.8) is 0 Å². The van der Waals surface area contributed by atoms with Crippen molar-refractivity contribution in [3.8, 4) is 0 Å².